The highest BCUT2D eigenvalue weighted by Crippen LogP contribution is 2.44. The highest BCUT2D eigenvalue weighted by atomic mass is 32.1. The van der Waals surface area contributed by atoms with E-state index in [1.54, 1.807) is 6.07 Å². The van der Waals surface area contributed by atoms with Crippen LogP contribution in [0.1, 0.15) is 25.7 Å². The third-order valence-corrected chi connectivity index (χ3v) is 11.6. The van der Waals surface area contributed by atoms with Gasteiger partial charge in [0.05, 0.1) is 10.8 Å². The van der Waals surface area contributed by atoms with Crippen molar-refractivity contribution in [2.75, 3.05) is 33.1 Å². The van der Waals surface area contributed by atoms with Gasteiger partial charge in [-0.3, -0.25) is 0 Å². The number of hydrogen-bond donors (Lipinski definition) is 0. The minimum Gasteiger partial charge on any atom is -0.544 e. The topological polar surface area (TPSA) is 46.4 Å². The molecule has 0 fully saturated rings. The minimum atomic E-state index is -2.25. The molecule has 164 valence electrons. The Bertz CT molecular complexity index is 1290. The van der Waals surface area contributed by atoms with Crippen molar-refractivity contribution in [2.24, 2.45) is 0 Å². The van der Waals surface area contributed by atoms with Crippen LogP contribution in [0.15, 0.2) is 65.5 Å². The number of allylic oxidation sites excluding steroid dienone is 5. The van der Waals surface area contributed by atoms with Crippen molar-refractivity contribution in [1.29, 1.82) is 0 Å². The lowest BCUT2D eigenvalue weighted by Crippen LogP contribution is -2.51. The molecule has 6 heteroatoms. The van der Waals surface area contributed by atoms with Gasteiger partial charge in [0, 0.05) is 42.4 Å². The maximum atomic E-state index is 11.6. The summed E-state index contributed by atoms with van der Waals surface area (Å²) in [6.07, 6.45) is 6.62. The number of carbonyl (C=O) groups is 1. The Morgan fingerprint density at radius 3 is 2.50 bits per heavy atom. The number of hydrogen-bond acceptors (Lipinski definition) is 4. The van der Waals surface area contributed by atoms with Gasteiger partial charge in [-0.15, -0.1) is 17.9 Å². The summed E-state index contributed by atoms with van der Waals surface area (Å²) in [6.45, 7) is 8.61. The van der Waals surface area contributed by atoms with Crippen molar-refractivity contribution in [2.45, 2.75) is 13.5 Å². The minimum absolute atomic E-state index is 0.261. The molecule has 1 atom stereocenters. The zero-order valence-electron chi connectivity index (χ0n) is 19.4. The van der Waals surface area contributed by atoms with Crippen molar-refractivity contribution in [3.63, 3.8) is 0 Å². The number of anilines is 1. The maximum Gasteiger partial charge on any atom is 0.199 e. The lowest BCUT2D eigenvalue weighted by Gasteiger charge is -2.38. The SMILES string of the molecule is C=C[Si]1(C)C2=CC(=[N+](C)C)C=CC2=C(c2sc(C(=O)[O-])cc2C)c2ccc(N(C)C)cc21. The Balaban J connectivity index is 2.13. The molecule has 2 aliphatic rings. The van der Waals surface area contributed by atoms with E-state index in [-0.39, 0.29) is 4.88 Å². The highest BCUT2D eigenvalue weighted by molar-refractivity contribution is 7.15. The normalized spacial score (nSPS) is 19.3. The number of nitrogens with zero attached hydrogens (tertiary/aromatic N) is 2. The molecule has 2 heterocycles. The van der Waals surface area contributed by atoms with E-state index in [1.165, 1.54) is 32.9 Å². The Hall–Kier alpha value is -2.96. The molecule has 1 aromatic carbocycles. The first-order valence-electron chi connectivity index (χ1n) is 10.6. The van der Waals surface area contributed by atoms with Crippen LogP contribution in [0.4, 0.5) is 5.69 Å². The van der Waals surface area contributed by atoms with Crippen LogP contribution in [0.5, 0.6) is 0 Å². The summed E-state index contributed by atoms with van der Waals surface area (Å²) >= 11 is 1.30. The van der Waals surface area contributed by atoms with Gasteiger partial charge in [-0.1, -0.05) is 18.3 Å². The Kier molecular flexibility index (Phi) is 5.47. The highest BCUT2D eigenvalue weighted by Gasteiger charge is 2.42. The van der Waals surface area contributed by atoms with Crippen LogP contribution >= 0.6 is 11.3 Å². The molecule has 0 N–H and O–H groups in total. The van der Waals surface area contributed by atoms with Gasteiger partial charge in [0.1, 0.15) is 22.2 Å². The number of carboxylic acid groups (broad SMARTS) is 1. The molecule has 1 unspecified atom stereocenters. The van der Waals surface area contributed by atoms with Crippen molar-refractivity contribution in [3.8, 4) is 0 Å². The second-order valence-corrected chi connectivity index (χ2v) is 13.9. The third-order valence-electron chi connectivity index (χ3n) is 6.45. The quantitative estimate of drug-likeness (QED) is 0.520. The van der Waals surface area contributed by atoms with Crippen LogP contribution in [-0.4, -0.2) is 52.5 Å². The number of carboxylic acids is 1. The molecular formula is C26H28N2O2SSi. The van der Waals surface area contributed by atoms with E-state index in [9.17, 15) is 9.90 Å². The molecule has 0 saturated carbocycles. The summed E-state index contributed by atoms with van der Waals surface area (Å²) in [5.74, 6) is -1.13. The molecule has 1 aliphatic heterocycles. The van der Waals surface area contributed by atoms with Crippen molar-refractivity contribution < 1.29 is 14.5 Å². The Morgan fingerprint density at radius 2 is 1.94 bits per heavy atom. The fraction of sp³-hybridized carbons (Fsp3) is 0.231. The average Bonchev–Trinajstić information content (AvgIpc) is 3.15. The van der Waals surface area contributed by atoms with Crippen LogP contribution in [0.3, 0.4) is 0 Å². The molecule has 4 nitrogen and oxygen atoms in total. The predicted octanol–water partition coefficient (Wildman–Crippen LogP) is 3.06. The van der Waals surface area contributed by atoms with E-state index in [0.717, 1.165) is 27.4 Å². The van der Waals surface area contributed by atoms with Crippen LogP contribution in [0.25, 0.3) is 5.57 Å². The number of thiophene rings is 1. The predicted molar refractivity (Wildman–Crippen MR) is 136 cm³/mol. The van der Waals surface area contributed by atoms with Gasteiger partial charge in [0.2, 0.25) is 0 Å². The third kappa shape index (κ3) is 3.34. The summed E-state index contributed by atoms with van der Waals surface area (Å²) in [4.78, 5) is 15.0. The zero-order chi connectivity index (χ0) is 23.4. The van der Waals surface area contributed by atoms with E-state index < -0.39 is 14.0 Å². The van der Waals surface area contributed by atoms with Crippen LogP contribution in [-0.2, 0) is 0 Å². The molecule has 32 heavy (non-hydrogen) atoms. The second-order valence-electron chi connectivity index (χ2n) is 8.94. The first kappa shape index (κ1) is 22.2. The van der Waals surface area contributed by atoms with Crippen molar-refractivity contribution in [3.05, 3.63) is 86.4 Å². The monoisotopic (exact) mass is 460 g/mol. The van der Waals surface area contributed by atoms with Gasteiger partial charge >= 0.3 is 0 Å². The molecule has 1 aromatic heterocycles. The second kappa shape index (κ2) is 7.87. The van der Waals surface area contributed by atoms with Crippen molar-refractivity contribution >= 4 is 47.5 Å². The zero-order valence-corrected chi connectivity index (χ0v) is 21.3. The standard InChI is InChI=1S/C26H28N2O2SSi/c1-8-32(7)22-14-17(27(3)4)9-11-19(22)24(25-16(2)13-21(31-25)26(29)30)20-12-10-18(28(5)6)15-23(20)32/h8-15H,1H2,2-7H3. The lowest BCUT2D eigenvalue weighted by molar-refractivity contribution is -0.462. The van der Waals surface area contributed by atoms with E-state index in [0.29, 0.717) is 0 Å². The van der Waals surface area contributed by atoms with Crippen LogP contribution < -0.4 is 15.2 Å². The molecule has 0 spiro atoms. The maximum absolute atomic E-state index is 11.6. The van der Waals surface area contributed by atoms with Gasteiger partial charge < -0.3 is 14.8 Å². The Morgan fingerprint density at radius 1 is 1.22 bits per heavy atom. The molecule has 4 rings (SSSR count). The molecule has 0 saturated heterocycles. The summed E-state index contributed by atoms with van der Waals surface area (Å²) in [7, 11) is 5.96. The number of carbonyl (C=O) groups excluding carboxylic acids is 1. The van der Waals surface area contributed by atoms with Gasteiger partial charge in [0.15, 0.2) is 5.71 Å². The number of aryl methyl sites for hydroxylation is 1. The van der Waals surface area contributed by atoms with Gasteiger partial charge in [-0.2, -0.15) is 0 Å². The molecular weight excluding hydrogens is 432 g/mol. The van der Waals surface area contributed by atoms with Crippen molar-refractivity contribution in [1.82, 2.24) is 0 Å². The fourth-order valence-electron chi connectivity index (χ4n) is 4.50. The molecule has 0 radical (unpaired) electrons. The summed E-state index contributed by atoms with van der Waals surface area (Å²) in [5, 5.41) is 14.2. The average molecular weight is 461 g/mol. The van der Waals surface area contributed by atoms with Gasteiger partial charge in [-0.25, -0.2) is 4.58 Å². The summed E-state index contributed by atoms with van der Waals surface area (Å²) < 4.78 is 2.12. The van der Waals surface area contributed by atoms with E-state index in [2.05, 4.69) is 92.9 Å². The molecule has 1 aliphatic carbocycles. The van der Waals surface area contributed by atoms with Gasteiger partial charge in [0.25, 0.3) is 0 Å². The Labute approximate surface area is 194 Å². The smallest absolute Gasteiger partial charge is 0.199 e. The van der Waals surface area contributed by atoms with E-state index >= 15 is 0 Å². The van der Waals surface area contributed by atoms with Gasteiger partial charge in [-0.05, 0) is 58.3 Å². The van der Waals surface area contributed by atoms with Crippen LogP contribution in [0, 0.1) is 6.92 Å². The summed E-state index contributed by atoms with van der Waals surface area (Å²) in [5.41, 5.74) is 8.86. The summed E-state index contributed by atoms with van der Waals surface area (Å²) in [6, 6.07) is 8.34. The largest absolute Gasteiger partial charge is 0.544 e. The van der Waals surface area contributed by atoms with E-state index in [1.807, 2.05) is 6.92 Å². The molecule has 0 bridgehead atoms. The number of aromatic carboxylic acids is 1. The lowest BCUT2D eigenvalue weighted by atomic mass is 9.92. The molecule has 2 aromatic rings. The first-order chi connectivity index (χ1) is 15.1. The first-order valence-corrected chi connectivity index (χ1v) is 13.9. The van der Waals surface area contributed by atoms with E-state index in [4.69, 9.17) is 0 Å². The van der Waals surface area contributed by atoms with Crippen LogP contribution in [0.2, 0.25) is 6.55 Å². The number of rotatable bonds is 4. The fourth-order valence-corrected chi connectivity index (χ4v) is 8.74. The number of benzene rings is 1. The number of fused-ring (bicyclic) bond motifs is 2. The molecule has 0 amide bonds.